The van der Waals surface area contributed by atoms with Crippen molar-refractivity contribution in [2.75, 3.05) is 0 Å². The van der Waals surface area contributed by atoms with E-state index in [-0.39, 0.29) is 11.6 Å². The molecule has 0 unspecified atom stereocenters. The van der Waals surface area contributed by atoms with Gasteiger partial charge in [-0.1, -0.05) is 35.9 Å². The molecule has 0 bridgehead atoms. The fourth-order valence-electron chi connectivity index (χ4n) is 2.91. The molecule has 4 rings (SSSR count). The van der Waals surface area contributed by atoms with Crippen LogP contribution < -0.4 is 0 Å². The lowest BCUT2D eigenvalue weighted by atomic mass is 10.1. The number of carbonyl (C=O) groups is 1. The van der Waals surface area contributed by atoms with Gasteiger partial charge in [0.1, 0.15) is 5.82 Å². The quantitative estimate of drug-likeness (QED) is 0.373. The number of carbonyl (C=O) groups excluding carboxylic acids is 1. The van der Waals surface area contributed by atoms with Crippen molar-refractivity contribution in [3.05, 3.63) is 93.5 Å². The van der Waals surface area contributed by atoms with Gasteiger partial charge in [0.05, 0.1) is 21.0 Å². The Morgan fingerprint density at radius 1 is 0.963 bits per heavy atom. The van der Waals surface area contributed by atoms with Crippen molar-refractivity contribution in [1.29, 1.82) is 0 Å². The van der Waals surface area contributed by atoms with Crippen LogP contribution in [0.3, 0.4) is 0 Å². The molecule has 7 heteroatoms. The van der Waals surface area contributed by atoms with Gasteiger partial charge in [-0.2, -0.15) is 0 Å². The number of hydrogen-bond acceptors (Lipinski definition) is 4. The van der Waals surface area contributed by atoms with E-state index in [2.05, 4.69) is 4.98 Å². The molecule has 0 aliphatic heterocycles. The van der Waals surface area contributed by atoms with E-state index in [1.54, 1.807) is 24.3 Å². The molecule has 0 amide bonds. The van der Waals surface area contributed by atoms with Gasteiger partial charge in [0.2, 0.25) is 0 Å². The van der Waals surface area contributed by atoms with E-state index in [4.69, 9.17) is 11.6 Å². The molecule has 0 N–H and O–H groups in total. The number of hydrogen-bond donors (Lipinski definition) is 0. The summed E-state index contributed by atoms with van der Waals surface area (Å²) in [5.41, 5.74) is 2.16. The Labute approximate surface area is 158 Å². The van der Waals surface area contributed by atoms with Gasteiger partial charge >= 0.3 is 0 Å². The normalized spacial score (nSPS) is 10.9. The van der Waals surface area contributed by atoms with Crippen LogP contribution in [-0.4, -0.2) is 20.4 Å². The first-order chi connectivity index (χ1) is 13.1. The van der Waals surface area contributed by atoms with E-state index < -0.39 is 4.92 Å². The Morgan fingerprint density at radius 2 is 1.63 bits per heavy atom. The summed E-state index contributed by atoms with van der Waals surface area (Å²) in [5.74, 6) is 0.0821. The van der Waals surface area contributed by atoms with E-state index >= 15 is 0 Å². The van der Waals surface area contributed by atoms with Crippen molar-refractivity contribution >= 4 is 34.2 Å². The van der Waals surface area contributed by atoms with Crippen LogP contribution in [-0.2, 0) is 0 Å². The molecule has 0 saturated carbocycles. The van der Waals surface area contributed by atoms with Crippen LogP contribution in [0, 0.1) is 10.1 Å². The number of imidazole rings is 1. The molecule has 0 atom stereocenters. The van der Waals surface area contributed by atoms with Crippen molar-refractivity contribution in [3.63, 3.8) is 0 Å². The monoisotopic (exact) mass is 377 g/mol. The molecule has 0 radical (unpaired) electrons. The maximum atomic E-state index is 13.2. The Morgan fingerprint density at radius 3 is 2.33 bits per heavy atom. The van der Waals surface area contributed by atoms with E-state index in [1.807, 2.05) is 24.3 Å². The van der Waals surface area contributed by atoms with Gasteiger partial charge in [0.15, 0.2) is 0 Å². The maximum absolute atomic E-state index is 13.2. The summed E-state index contributed by atoms with van der Waals surface area (Å²) in [6, 6.07) is 19.9. The third-order valence-corrected chi connectivity index (χ3v) is 4.53. The van der Waals surface area contributed by atoms with Gasteiger partial charge in [-0.3, -0.25) is 19.5 Å². The Bertz CT molecular complexity index is 1180. The number of benzene rings is 3. The predicted octanol–water partition coefficient (Wildman–Crippen LogP) is 4.95. The third-order valence-electron chi connectivity index (χ3n) is 4.20. The minimum Gasteiger partial charge on any atom is -0.268 e. The second-order valence-corrected chi connectivity index (χ2v) is 6.26. The molecular formula is C20H12ClN3O3. The SMILES string of the molecule is O=C(c1ccc([N+](=O)[O-])cc1)n1c(-c2ccccc2Cl)nc2ccccc21. The lowest BCUT2D eigenvalue weighted by Gasteiger charge is -2.09. The Balaban J connectivity index is 1.92. The van der Waals surface area contributed by atoms with Crippen LogP contribution >= 0.6 is 11.6 Å². The summed E-state index contributed by atoms with van der Waals surface area (Å²) in [6.07, 6.45) is 0. The molecule has 1 heterocycles. The zero-order valence-corrected chi connectivity index (χ0v) is 14.6. The highest BCUT2D eigenvalue weighted by molar-refractivity contribution is 6.33. The molecule has 0 spiro atoms. The van der Waals surface area contributed by atoms with Gasteiger partial charge in [-0.15, -0.1) is 0 Å². The van der Waals surface area contributed by atoms with Crippen LogP contribution in [0.2, 0.25) is 5.02 Å². The summed E-state index contributed by atoms with van der Waals surface area (Å²) in [6.45, 7) is 0. The Hall–Kier alpha value is -3.51. The lowest BCUT2D eigenvalue weighted by molar-refractivity contribution is -0.384. The minimum atomic E-state index is -0.504. The van der Waals surface area contributed by atoms with Crippen LogP contribution in [0.1, 0.15) is 10.4 Å². The fourth-order valence-corrected chi connectivity index (χ4v) is 3.13. The van der Waals surface area contributed by atoms with E-state index in [9.17, 15) is 14.9 Å². The van der Waals surface area contributed by atoms with E-state index in [0.29, 0.717) is 33.0 Å². The fraction of sp³-hybridized carbons (Fsp3) is 0. The van der Waals surface area contributed by atoms with Crippen molar-refractivity contribution in [3.8, 4) is 11.4 Å². The van der Waals surface area contributed by atoms with Crippen LogP contribution in [0.4, 0.5) is 5.69 Å². The zero-order chi connectivity index (χ0) is 19.0. The van der Waals surface area contributed by atoms with Crippen LogP contribution in [0.5, 0.6) is 0 Å². The smallest absolute Gasteiger partial charge is 0.268 e. The van der Waals surface area contributed by atoms with E-state index in [0.717, 1.165) is 0 Å². The van der Waals surface area contributed by atoms with Gasteiger partial charge in [-0.05, 0) is 36.4 Å². The first-order valence-electron chi connectivity index (χ1n) is 8.08. The highest BCUT2D eigenvalue weighted by Gasteiger charge is 2.21. The number of nitrogens with zero attached hydrogens (tertiary/aromatic N) is 3. The van der Waals surface area contributed by atoms with Crippen molar-refractivity contribution in [1.82, 2.24) is 9.55 Å². The standard InChI is InChI=1S/C20H12ClN3O3/c21-16-6-2-1-5-15(16)19-22-17-7-3-4-8-18(17)23(19)20(25)13-9-11-14(12-10-13)24(26)27/h1-12H. The van der Waals surface area contributed by atoms with Gasteiger partial charge in [-0.25, -0.2) is 4.98 Å². The molecule has 3 aromatic carbocycles. The van der Waals surface area contributed by atoms with Crippen LogP contribution in [0.25, 0.3) is 22.4 Å². The minimum absolute atomic E-state index is 0.0756. The molecular weight excluding hydrogens is 366 g/mol. The molecule has 0 aliphatic rings. The number of aromatic nitrogens is 2. The predicted molar refractivity (Wildman–Crippen MR) is 103 cm³/mol. The average Bonchev–Trinajstić information content (AvgIpc) is 3.07. The first kappa shape index (κ1) is 16.9. The second-order valence-electron chi connectivity index (χ2n) is 5.85. The maximum Gasteiger partial charge on any atom is 0.269 e. The number of nitro benzene ring substituents is 1. The second kappa shape index (κ2) is 6.66. The van der Waals surface area contributed by atoms with Crippen molar-refractivity contribution in [2.24, 2.45) is 0 Å². The number of para-hydroxylation sites is 2. The molecule has 1 aromatic heterocycles. The van der Waals surface area contributed by atoms with Gasteiger partial charge in [0.25, 0.3) is 11.6 Å². The highest BCUT2D eigenvalue weighted by atomic mass is 35.5. The average molecular weight is 378 g/mol. The highest BCUT2D eigenvalue weighted by Crippen LogP contribution is 2.31. The number of non-ortho nitro benzene ring substituents is 1. The summed E-state index contributed by atoms with van der Waals surface area (Å²) >= 11 is 6.33. The van der Waals surface area contributed by atoms with Crippen molar-refractivity contribution in [2.45, 2.75) is 0 Å². The molecule has 0 fully saturated rings. The lowest BCUT2D eigenvalue weighted by Crippen LogP contribution is -2.13. The largest absolute Gasteiger partial charge is 0.269 e. The number of rotatable bonds is 3. The van der Waals surface area contributed by atoms with Gasteiger partial charge < -0.3 is 0 Å². The topological polar surface area (TPSA) is 78.0 Å². The number of nitro groups is 1. The summed E-state index contributed by atoms with van der Waals surface area (Å²) in [5, 5.41) is 11.3. The zero-order valence-electron chi connectivity index (χ0n) is 13.9. The van der Waals surface area contributed by atoms with Gasteiger partial charge in [0, 0.05) is 23.3 Å². The Kier molecular flexibility index (Phi) is 4.18. The molecule has 0 aliphatic carbocycles. The number of halogens is 1. The summed E-state index contributed by atoms with van der Waals surface area (Å²) < 4.78 is 1.48. The molecule has 4 aromatic rings. The van der Waals surface area contributed by atoms with E-state index in [1.165, 1.54) is 28.8 Å². The molecule has 0 saturated heterocycles. The molecule has 6 nitrogen and oxygen atoms in total. The third kappa shape index (κ3) is 2.96. The first-order valence-corrected chi connectivity index (χ1v) is 8.45. The summed E-state index contributed by atoms with van der Waals surface area (Å²) in [4.78, 5) is 28.2. The number of fused-ring (bicyclic) bond motifs is 1. The van der Waals surface area contributed by atoms with Crippen molar-refractivity contribution < 1.29 is 9.72 Å². The molecule has 27 heavy (non-hydrogen) atoms. The molecule has 132 valence electrons. The summed E-state index contributed by atoms with van der Waals surface area (Å²) in [7, 11) is 0. The van der Waals surface area contributed by atoms with Crippen LogP contribution in [0.15, 0.2) is 72.8 Å².